The Labute approximate surface area is 168 Å². The van der Waals surface area contributed by atoms with E-state index in [-0.39, 0.29) is 5.56 Å². The standard InChI is InChI=1S/C23H22O6/c1-4-27-19-12-10-15(13-21(19)26-3)9-11-18(24)17-14-16-7-6-8-20(28-5-2)22(16)29-23(17)25/h6-14H,4-5H2,1-3H3/b11-9+. The van der Waals surface area contributed by atoms with Gasteiger partial charge in [0.15, 0.2) is 28.6 Å². The number of carbonyl (C=O) groups excluding carboxylic acids is 1. The zero-order valence-electron chi connectivity index (χ0n) is 16.6. The summed E-state index contributed by atoms with van der Waals surface area (Å²) in [6, 6.07) is 12.1. The van der Waals surface area contributed by atoms with Gasteiger partial charge in [-0.25, -0.2) is 4.79 Å². The Morgan fingerprint density at radius 2 is 1.76 bits per heavy atom. The van der Waals surface area contributed by atoms with Gasteiger partial charge >= 0.3 is 5.63 Å². The molecule has 0 aliphatic carbocycles. The third-order valence-electron chi connectivity index (χ3n) is 4.20. The zero-order valence-corrected chi connectivity index (χ0v) is 16.6. The molecule has 2 aromatic carbocycles. The van der Waals surface area contributed by atoms with E-state index in [1.807, 2.05) is 13.8 Å². The first kappa shape index (κ1) is 20.2. The van der Waals surface area contributed by atoms with Crippen molar-refractivity contribution in [2.45, 2.75) is 13.8 Å². The first-order chi connectivity index (χ1) is 14.1. The second-order valence-electron chi connectivity index (χ2n) is 6.10. The quantitative estimate of drug-likeness (QED) is 0.318. The van der Waals surface area contributed by atoms with Crippen LogP contribution in [0.4, 0.5) is 0 Å². The summed E-state index contributed by atoms with van der Waals surface area (Å²) in [7, 11) is 1.55. The van der Waals surface area contributed by atoms with Crippen molar-refractivity contribution in [1.82, 2.24) is 0 Å². The lowest BCUT2D eigenvalue weighted by atomic mass is 10.1. The highest BCUT2D eigenvalue weighted by molar-refractivity contribution is 6.08. The van der Waals surface area contributed by atoms with Crippen LogP contribution in [0.15, 0.2) is 57.8 Å². The molecule has 150 valence electrons. The van der Waals surface area contributed by atoms with E-state index in [0.717, 1.165) is 5.56 Å². The van der Waals surface area contributed by atoms with Gasteiger partial charge in [0.1, 0.15) is 5.56 Å². The molecule has 0 amide bonds. The topological polar surface area (TPSA) is 75.0 Å². The molecule has 0 N–H and O–H groups in total. The lowest BCUT2D eigenvalue weighted by molar-refractivity contribution is 0.104. The Balaban J connectivity index is 1.90. The molecular weight excluding hydrogens is 372 g/mol. The highest BCUT2D eigenvalue weighted by Crippen LogP contribution is 2.29. The minimum absolute atomic E-state index is 0.0414. The number of carbonyl (C=O) groups is 1. The van der Waals surface area contributed by atoms with Crippen LogP contribution < -0.4 is 19.8 Å². The predicted octanol–water partition coefficient (Wildman–Crippen LogP) is 4.50. The molecule has 0 bridgehead atoms. The van der Waals surface area contributed by atoms with Crippen molar-refractivity contribution >= 4 is 22.8 Å². The summed E-state index contributed by atoms with van der Waals surface area (Å²) < 4.78 is 21.6. The van der Waals surface area contributed by atoms with Crippen LogP contribution in [0, 0.1) is 0 Å². The fourth-order valence-corrected chi connectivity index (χ4v) is 2.88. The number of allylic oxidation sites excluding steroid dienone is 1. The summed E-state index contributed by atoms with van der Waals surface area (Å²) >= 11 is 0. The Morgan fingerprint density at radius 3 is 2.48 bits per heavy atom. The number of benzene rings is 2. The first-order valence-corrected chi connectivity index (χ1v) is 9.30. The molecule has 0 aliphatic rings. The van der Waals surface area contributed by atoms with Gasteiger partial charge in [0.05, 0.1) is 20.3 Å². The van der Waals surface area contributed by atoms with E-state index in [1.165, 1.54) is 12.1 Å². The minimum Gasteiger partial charge on any atom is -0.493 e. The molecule has 0 saturated carbocycles. The normalized spacial score (nSPS) is 11.0. The zero-order chi connectivity index (χ0) is 20.8. The molecule has 3 aromatic rings. The van der Waals surface area contributed by atoms with Crippen LogP contribution in [0.2, 0.25) is 0 Å². The molecule has 0 fully saturated rings. The molecule has 0 radical (unpaired) electrons. The van der Waals surface area contributed by atoms with E-state index in [9.17, 15) is 9.59 Å². The number of rotatable bonds is 8. The SMILES string of the molecule is CCOc1ccc(/C=C/C(=O)c2cc3cccc(OCC)c3oc2=O)cc1OC. The van der Waals surface area contributed by atoms with Crippen LogP contribution in [-0.2, 0) is 0 Å². The third kappa shape index (κ3) is 4.48. The lowest BCUT2D eigenvalue weighted by Gasteiger charge is -2.09. The van der Waals surface area contributed by atoms with Crippen molar-refractivity contribution in [3.8, 4) is 17.2 Å². The van der Waals surface area contributed by atoms with Crippen LogP contribution in [0.1, 0.15) is 29.8 Å². The van der Waals surface area contributed by atoms with Crippen LogP contribution in [0.25, 0.3) is 17.0 Å². The summed E-state index contributed by atoms with van der Waals surface area (Å²) in [6.07, 6.45) is 2.94. The summed E-state index contributed by atoms with van der Waals surface area (Å²) in [5.74, 6) is 1.21. The largest absolute Gasteiger partial charge is 0.493 e. The second-order valence-corrected chi connectivity index (χ2v) is 6.10. The molecule has 0 atom stereocenters. The van der Waals surface area contributed by atoms with Gasteiger partial charge in [-0.2, -0.15) is 0 Å². The summed E-state index contributed by atoms with van der Waals surface area (Å²) in [5, 5.41) is 0.620. The summed E-state index contributed by atoms with van der Waals surface area (Å²) in [4.78, 5) is 24.9. The van der Waals surface area contributed by atoms with Gasteiger partial charge in [-0.1, -0.05) is 24.3 Å². The van der Waals surface area contributed by atoms with Crippen molar-refractivity contribution in [2.75, 3.05) is 20.3 Å². The van der Waals surface area contributed by atoms with E-state index in [0.29, 0.717) is 41.4 Å². The summed E-state index contributed by atoms with van der Waals surface area (Å²) in [6.45, 7) is 4.69. The minimum atomic E-state index is -0.705. The molecule has 1 heterocycles. The maximum absolute atomic E-state index is 12.6. The van der Waals surface area contributed by atoms with Crippen molar-refractivity contribution in [3.05, 3.63) is 70.1 Å². The highest BCUT2D eigenvalue weighted by Gasteiger charge is 2.14. The number of ether oxygens (including phenoxy) is 3. The van der Waals surface area contributed by atoms with E-state index in [1.54, 1.807) is 49.6 Å². The van der Waals surface area contributed by atoms with Gasteiger partial charge in [-0.3, -0.25) is 4.79 Å². The van der Waals surface area contributed by atoms with E-state index in [2.05, 4.69) is 0 Å². The molecule has 3 rings (SSSR count). The number of methoxy groups -OCH3 is 1. The molecule has 29 heavy (non-hydrogen) atoms. The smallest absolute Gasteiger partial charge is 0.347 e. The van der Waals surface area contributed by atoms with E-state index in [4.69, 9.17) is 18.6 Å². The highest BCUT2D eigenvalue weighted by atomic mass is 16.5. The maximum Gasteiger partial charge on any atom is 0.347 e. The van der Waals surface area contributed by atoms with Crippen molar-refractivity contribution in [3.63, 3.8) is 0 Å². The molecular formula is C23H22O6. The van der Waals surface area contributed by atoms with Gasteiger partial charge in [0, 0.05) is 5.39 Å². The molecule has 6 heteroatoms. The van der Waals surface area contributed by atoms with Gasteiger partial charge in [-0.05, 0) is 49.8 Å². The monoisotopic (exact) mass is 394 g/mol. The molecule has 6 nitrogen and oxygen atoms in total. The van der Waals surface area contributed by atoms with Gasteiger partial charge in [0.2, 0.25) is 0 Å². The van der Waals surface area contributed by atoms with Crippen LogP contribution in [-0.4, -0.2) is 26.1 Å². The fraction of sp³-hybridized carbons (Fsp3) is 0.217. The van der Waals surface area contributed by atoms with Crippen molar-refractivity contribution in [1.29, 1.82) is 0 Å². The van der Waals surface area contributed by atoms with Gasteiger partial charge in [-0.15, -0.1) is 0 Å². The van der Waals surface area contributed by atoms with E-state index >= 15 is 0 Å². The molecule has 1 aromatic heterocycles. The third-order valence-corrected chi connectivity index (χ3v) is 4.20. The Bertz CT molecular complexity index is 1110. The van der Waals surface area contributed by atoms with E-state index < -0.39 is 11.4 Å². The Hall–Kier alpha value is -3.54. The van der Waals surface area contributed by atoms with Gasteiger partial charge in [0.25, 0.3) is 0 Å². The maximum atomic E-state index is 12.6. The molecule has 0 aliphatic heterocycles. The molecule has 0 unspecified atom stereocenters. The number of ketones is 1. The van der Waals surface area contributed by atoms with Crippen LogP contribution >= 0.6 is 0 Å². The predicted molar refractivity (Wildman–Crippen MR) is 111 cm³/mol. The molecule has 0 saturated heterocycles. The number of fused-ring (bicyclic) bond motifs is 1. The Kier molecular flexibility index (Phi) is 6.34. The Morgan fingerprint density at radius 1 is 1.00 bits per heavy atom. The first-order valence-electron chi connectivity index (χ1n) is 9.30. The average Bonchev–Trinajstić information content (AvgIpc) is 2.73. The number of para-hydroxylation sites is 1. The lowest BCUT2D eigenvalue weighted by Crippen LogP contribution is -2.12. The summed E-state index contributed by atoms with van der Waals surface area (Å²) in [5.41, 5.74) is 0.322. The van der Waals surface area contributed by atoms with Crippen LogP contribution in [0.5, 0.6) is 17.2 Å². The second kappa shape index (κ2) is 9.10. The average molecular weight is 394 g/mol. The number of hydrogen-bond acceptors (Lipinski definition) is 6. The van der Waals surface area contributed by atoms with Crippen molar-refractivity contribution in [2.24, 2.45) is 0 Å². The fourth-order valence-electron chi connectivity index (χ4n) is 2.88. The van der Waals surface area contributed by atoms with Crippen molar-refractivity contribution < 1.29 is 23.4 Å². The van der Waals surface area contributed by atoms with Gasteiger partial charge < -0.3 is 18.6 Å². The molecule has 0 spiro atoms. The number of hydrogen-bond donors (Lipinski definition) is 0. The van der Waals surface area contributed by atoms with Crippen LogP contribution in [0.3, 0.4) is 0 Å².